The van der Waals surface area contributed by atoms with E-state index in [4.69, 9.17) is 0 Å². The van der Waals surface area contributed by atoms with Gasteiger partial charge in [-0.05, 0) is 19.3 Å². The average Bonchev–Trinajstić information content (AvgIpc) is 2.34. The van der Waals surface area contributed by atoms with Crippen LogP contribution in [0, 0.1) is 22.0 Å². The Morgan fingerprint density at radius 3 is 2.58 bits per heavy atom. The fraction of sp³-hybridized carbons (Fsp3) is 0.929. The molecule has 0 saturated heterocycles. The zero-order chi connectivity index (χ0) is 14.0. The summed E-state index contributed by atoms with van der Waals surface area (Å²) in [4.78, 5) is 23.8. The number of nitro groups is 1. The molecule has 19 heavy (non-hydrogen) atoms. The van der Waals surface area contributed by atoms with Gasteiger partial charge in [-0.3, -0.25) is 14.9 Å². The molecule has 2 fully saturated rings. The van der Waals surface area contributed by atoms with E-state index in [1.54, 1.807) is 6.92 Å². The molecule has 2 aliphatic rings. The zero-order valence-corrected chi connectivity index (χ0v) is 11.5. The van der Waals surface area contributed by atoms with E-state index >= 15 is 0 Å². The largest absolute Gasteiger partial charge is 0.392 e. The standard InChI is InChI=1S/C14H23NO4/c1-10-9-12(16)11-7-5-3-2-4-6-8-14(10,13(11)17)15(18)19/h10-12,16H,2-9H2,1H3/t10-,11-,12-,14+/m0/s1. The first kappa shape index (κ1) is 14.4. The number of aliphatic hydroxyl groups excluding tert-OH is 1. The number of carbonyl (C=O) groups is 1. The number of ketones is 1. The third kappa shape index (κ3) is 2.40. The molecule has 0 radical (unpaired) electrons. The van der Waals surface area contributed by atoms with Gasteiger partial charge in [-0.1, -0.05) is 32.6 Å². The number of rotatable bonds is 1. The van der Waals surface area contributed by atoms with Gasteiger partial charge in [0.15, 0.2) is 0 Å². The molecule has 108 valence electrons. The lowest BCUT2D eigenvalue weighted by Gasteiger charge is -2.40. The number of nitrogens with zero attached hydrogens (tertiary/aromatic N) is 1. The highest BCUT2D eigenvalue weighted by atomic mass is 16.6. The summed E-state index contributed by atoms with van der Waals surface area (Å²) in [6, 6.07) is 0. The Bertz CT molecular complexity index is 370. The molecule has 0 aromatic carbocycles. The minimum absolute atomic E-state index is 0.314. The zero-order valence-electron chi connectivity index (χ0n) is 11.5. The van der Waals surface area contributed by atoms with Gasteiger partial charge in [-0.25, -0.2) is 0 Å². The fourth-order valence-corrected chi connectivity index (χ4v) is 3.80. The van der Waals surface area contributed by atoms with Gasteiger partial charge in [0.2, 0.25) is 5.78 Å². The van der Waals surface area contributed by atoms with Gasteiger partial charge in [0.1, 0.15) is 0 Å². The third-order valence-corrected chi connectivity index (χ3v) is 5.04. The van der Waals surface area contributed by atoms with Gasteiger partial charge in [0.25, 0.3) is 5.54 Å². The van der Waals surface area contributed by atoms with Crippen molar-refractivity contribution in [3.63, 3.8) is 0 Å². The molecule has 2 saturated carbocycles. The summed E-state index contributed by atoms with van der Waals surface area (Å²) in [5.74, 6) is -1.22. The number of carbonyl (C=O) groups excluding carboxylic acids is 1. The highest BCUT2D eigenvalue weighted by Gasteiger charge is 2.61. The van der Waals surface area contributed by atoms with Crippen LogP contribution in [0.4, 0.5) is 0 Å². The first-order chi connectivity index (χ1) is 9.00. The minimum Gasteiger partial charge on any atom is -0.392 e. The van der Waals surface area contributed by atoms with Crippen molar-refractivity contribution in [2.24, 2.45) is 11.8 Å². The van der Waals surface area contributed by atoms with Gasteiger partial charge >= 0.3 is 0 Å². The molecule has 2 bridgehead atoms. The molecule has 0 aromatic rings. The van der Waals surface area contributed by atoms with Crippen LogP contribution in [0.25, 0.3) is 0 Å². The number of aliphatic hydroxyl groups is 1. The van der Waals surface area contributed by atoms with Crippen LogP contribution >= 0.6 is 0 Å². The van der Waals surface area contributed by atoms with Crippen molar-refractivity contribution < 1.29 is 14.8 Å². The van der Waals surface area contributed by atoms with E-state index in [1.807, 2.05) is 0 Å². The molecular formula is C14H23NO4. The lowest BCUT2D eigenvalue weighted by molar-refractivity contribution is -0.566. The molecule has 0 heterocycles. The Morgan fingerprint density at radius 2 is 1.89 bits per heavy atom. The normalized spacial score (nSPS) is 40.7. The van der Waals surface area contributed by atoms with Crippen molar-refractivity contribution in [3.8, 4) is 0 Å². The Kier molecular flexibility index (Phi) is 4.23. The smallest absolute Gasteiger partial charge is 0.282 e. The van der Waals surface area contributed by atoms with Gasteiger partial charge in [0, 0.05) is 17.3 Å². The van der Waals surface area contributed by atoms with Gasteiger partial charge in [0.05, 0.1) is 12.0 Å². The van der Waals surface area contributed by atoms with Crippen molar-refractivity contribution in [1.82, 2.24) is 0 Å². The summed E-state index contributed by atoms with van der Waals surface area (Å²) >= 11 is 0. The van der Waals surface area contributed by atoms with E-state index in [0.29, 0.717) is 19.3 Å². The number of Topliss-reactive ketones (excluding diaryl/α,β-unsaturated/α-hetero) is 1. The highest BCUT2D eigenvalue weighted by Crippen LogP contribution is 2.42. The molecular weight excluding hydrogens is 246 g/mol. The first-order valence-corrected chi connectivity index (χ1v) is 7.37. The van der Waals surface area contributed by atoms with E-state index in [-0.39, 0.29) is 16.6 Å². The second kappa shape index (κ2) is 5.57. The fourth-order valence-electron chi connectivity index (χ4n) is 3.80. The molecule has 0 amide bonds. The van der Waals surface area contributed by atoms with Crippen LogP contribution in [0.2, 0.25) is 0 Å². The van der Waals surface area contributed by atoms with E-state index in [9.17, 15) is 20.0 Å². The maximum atomic E-state index is 12.6. The first-order valence-electron chi connectivity index (χ1n) is 7.37. The summed E-state index contributed by atoms with van der Waals surface area (Å²) < 4.78 is 0. The summed E-state index contributed by atoms with van der Waals surface area (Å²) in [6.45, 7) is 1.74. The molecule has 0 aliphatic heterocycles. The van der Waals surface area contributed by atoms with Gasteiger partial charge in [-0.15, -0.1) is 0 Å². The van der Waals surface area contributed by atoms with E-state index in [0.717, 1.165) is 32.1 Å². The maximum absolute atomic E-state index is 12.6. The monoisotopic (exact) mass is 269 g/mol. The molecule has 5 heteroatoms. The van der Waals surface area contributed by atoms with Crippen molar-refractivity contribution in [2.45, 2.75) is 69.9 Å². The van der Waals surface area contributed by atoms with Crippen LogP contribution < -0.4 is 0 Å². The van der Waals surface area contributed by atoms with Crippen LogP contribution in [0.5, 0.6) is 0 Å². The number of hydrogen-bond donors (Lipinski definition) is 1. The molecule has 5 nitrogen and oxygen atoms in total. The van der Waals surface area contributed by atoms with Gasteiger partial charge in [-0.2, -0.15) is 0 Å². The van der Waals surface area contributed by atoms with Crippen LogP contribution in [-0.4, -0.2) is 27.5 Å². The molecule has 0 spiro atoms. The summed E-state index contributed by atoms with van der Waals surface area (Å²) in [6.07, 6.45) is 5.31. The van der Waals surface area contributed by atoms with Crippen LogP contribution in [-0.2, 0) is 4.79 Å². The summed E-state index contributed by atoms with van der Waals surface area (Å²) in [5.41, 5.74) is -1.44. The predicted octanol–water partition coefficient (Wildman–Crippen LogP) is 2.33. The van der Waals surface area contributed by atoms with Gasteiger partial charge < -0.3 is 5.11 Å². The Labute approximate surface area is 113 Å². The summed E-state index contributed by atoms with van der Waals surface area (Å²) in [7, 11) is 0. The third-order valence-electron chi connectivity index (χ3n) is 5.04. The lowest BCUT2D eigenvalue weighted by Crippen LogP contribution is -2.60. The highest BCUT2D eigenvalue weighted by molar-refractivity contribution is 5.90. The molecule has 4 atom stereocenters. The molecule has 1 N–H and O–H groups in total. The minimum atomic E-state index is -1.44. The summed E-state index contributed by atoms with van der Waals surface area (Å²) in [5, 5.41) is 21.7. The topological polar surface area (TPSA) is 80.4 Å². The number of fused-ring (bicyclic) bond motifs is 2. The Morgan fingerprint density at radius 1 is 1.26 bits per heavy atom. The average molecular weight is 269 g/mol. The second-order valence-corrected chi connectivity index (χ2v) is 6.16. The van der Waals surface area contributed by atoms with Crippen molar-refractivity contribution in [2.75, 3.05) is 0 Å². The van der Waals surface area contributed by atoms with E-state index in [1.165, 1.54) is 0 Å². The Hall–Kier alpha value is -0.970. The SMILES string of the molecule is C[C@H]1C[C@H](O)[C@@H]2CCCCCCC[C@]1([N+](=O)[O-])C2=O. The van der Waals surface area contributed by atoms with Crippen molar-refractivity contribution in [1.29, 1.82) is 0 Å². The molecule has 2 aliphatic carbocycles. The predicted molar refractivity (Wildman–Crippen MR) is 70.3 cm³/mol. The van der Waals surface area contributed by atoms with Crippen LogP contribution in [0.3, 0.4) is 0 Å². The number of hydrogen-bond acceptors (Lipinski definition) is 4. The Balaban J connectivity index is 2.36. The molecule has 2 rings (SSSR count). The van der Waals surface area contributed by atoms with Crippen LogP contribution in [0.15, 0.2) is 0 Å². The quantitative estimate of drug-likeness (QED) is 0.585. The second-order valence-electron chi connectivity index (χ2n) is 6.16. The van der Waals surface area contributed by atoms with Crippen molar-refractivity contribution >= 4 is 5.78 Å². The lowest BCUT2D eigenvalue weighted by atomic mass is 9.63. The van der Waals surface area contributed by atoms with E-state index < -0.39 is 17.6 Å². The molecule has 0 unspecified atom stereocenters. The molecule has 0 aromatic heterocycles. The van der Waals surface area contributed by atoms with Crippen molar-refractivity contribution in [3.05, 3.63) is 10.1 Å². The van der Waals surface area contributed by atoms with E-state index in [2.05, 4.69) is 0 Å². The maximum Gasteiger partial charge on any atom is 0.282 e. The van der Waals surface area contributed by atoms with Crippen LogP contribution in [0.1, 0.15) is 58.3 Å².